The van der Waals surface area contributed by atoms with Crippen LogP contribution in [-0.2, 0) is 0 Å². The molecule has 40 heavy (non-hydrogen) atoms. The Morgan fingerprint density at radius 1 is 0.800 bits per heavy atom. The summed E-state index contributed by atoms with van der Waals surface area (Å²) in [5, 5.41) is 25.6. The topological polar surface area (TPSA) is 145 Å². The Hall–Kier alpha value is -4.34. The smallest absolute Gasteiger partial charge is 0.292 e. The lowest BCUT2D eigenvalue weighted by Crippen LogP contribution is -2.09. The Balaban J connectivity index is 0.000000222. The first-order chi connectivity index (χ1) is 18.9. The van der Waals surface area contributed by atoms with E-state index in [4.69, 9.17) is 14.8 Å². The number of nitro benzene ring substituents is 1. The van der Waals surface area contributed by atoms with E-state index in [1.165, 1.54) is 0 Å². The lowest BCUT2D eigenvalue weighted by molar-refractivity contribution is -0.383. The average Bonchev–Trinajstić information content (AvgIpc) is 3.41. The second kappa shape index (κ2) is 13.1. The fraction of sp³-hybridized carbons (Fsp3) is 0.400. The van der Waals surface area contributed by atoms with Crippen molar-refractivity contribution in [1.82, 2.24) is 10.3 Å². The molecule has 10 heteroatoms. The first-order valence-electron chi connectivity index (χ1n) is 13.4. The van der Waals surface area contributed by atoms with Crippen LogP contribution in [0.3, 0.4) is 0 Å². The van der Waals surface area contributed by atoms with Gasteiger partial charge in [-0.05, 0) is 68.9 Å². The molecule has 0 atom stereocenters. The number of hydrogen-bond acceptors (Lipinski definition) is 9. The molecule has 10 nitrogen and oxygen atoms in total. The van der Waals surface area contributed by atoms with Crippen molar-refractivity contribution in [1.29, 1.82) is 0 Å². The summed E-state index contributed by atoms with van der Waals surface area (Å²) in [6.07, 6.45) is 0. The second-order valence-corrected chi connectivity index (χ2v) is 10.7. The molecule has 214 valence electrons. The van der Waals surface area contributed by atoms with Crippen LogP contribution in [0.15, 0.2) is 45.4 Å². The molecule has 4 aromatic rings. The number of hydrogen-bond donors (Lipinski definition) is 3. The molecule has 0 spiro atoms. The van der Waals surface area contributed by atoms with Crippen LogP contribution in [0.5, 0.6) is 0 Å². The van der Waals surface area contributed by atoms with Crippen LogP contribution in [-0.4, -0.2) is 28.3 Å². The van der Waals surface area contributed by atoms with E-state index < -0.39 is 0 Å². The number of nitrogens with two attached hydrogens (primary N) is 1. The van der Waals surface area contributed by atoms with Gasteiger partial charge in [-0.25, -0.2) is 0 Å². The maximum Gasteiger partial charge on any atom is 0.292 e. The van der Waals surface area contributed by atoms with Gasteiger partial charge in [0.2, 0.25) is 0 Å². The van der Waals surface area contributed by atoms with Gasteiger partial charge in [-0.1, -0.05) is 50.1 Å². The van der Waals surface area contributed by atoms with Crippen LogP contribution in [0.4, 0.5) is 22.7 Å². The first-order valence-corrected chi connectivity index (χ1v) is 13.4. The highest BCUT2D eigenvalue weighted by atomic mass is 16.6. The first kappa shape index (κ1) is 30.2. The Kier molecular flexibility index (Phi) is 9.93. The Bertz CT molecular complexity index is 1420. The maximum atomic E-state index is 11.3. The number of anilines is 3. The van der Waals surface area contributed by atoms with Crippen molar-refractivity contribution in [2.45, 2.75) is 55.4 Å². The number of aryl methyl sites for hydroxylation is 4. The van der Waals surface area contributed by atoms with Gasteiger partial charge >= 0.3 is 0 Å². The molecule has 2 aromatic carbocycles. The van der Waals surface area contributed by atoms with Gasteiger partial charge in [0.15, 0.2) is 0 Å². The van der Waals surface area contributed by atoms with Crippen LogP contribution in [0, 0.1) is 49.6 Å². The van der Waals surface area contributed by atoms with Gasteiger partial charge in [0.25, 0.3) is 5.69 Å². The summed E-state index contributed by atoms with van der Waals surface area (Å²) in [6, 6.07) is 11.2. The third kappa shape index (κ3) is 7.40. The van der Waals surface area contributed by atoms with Crippen molar-refractivity contribution in [3.8, 4) is 22.3 Å². The molecule has 4 N–H and O–H groups in total. The molecule has 0 radical (unpaired) electrons. The molecule has 2 aromatic heterocycles. The summed E-state index contributed by atoms with van der Waals surface area (Å²) in [6.45, 7) is 17.5. The minimum Gasteiger partial charge on any atom is -0.397 e. The van der Waals surface area contributed by atoms with Crippen LogP contribution in [0.2, 0.25) is 0 Å². The summed E-state index contributed by atoms with van der Waals surface area (Å²) in [7, 11) is 0. The number of rotatable bonds is 9. The van der Waals surface area contributed by atoms with Gasteiger partial charge in [0.05, 0.1) is 27.7 Å². The van der Waals surface area contributed by atoms with E-state index in [9.17, 15) is 10.1 Å². The lowest BCUT2D eigenvalue weighted by Gasteiger charge is -2.12. The van der Waals surface area contributed by atoms with E-state index in [-0.39, 0.29) is 10.6 Å². The molecule has 0 amide bonds. The number of nitrogen functional groups attached to an aromatic ring is 1. The number of aromatic nitrogens is 2. The number of nitrogens with zero attached hydrogens (tertiary/aromatic N) is 3. The standard InChI is InChI=1S/C15H19N3O3.C15H21N3O/c1-9(2)8-16-13-6-5-12(7-14(13)18(19)20)15-10(3)17-21-11(15)4;1-9(2)8-17-14-6-5-12(7-13(14)16)15-10(3)18-19-11(15)4/h5-7,9,16H,8H2,1-4H3;5-7,9,17H,8,16H2,1-4H3. The zero-order valence-corrected chi connectivity index (χ0v) is 24.6. The molecule has 2 heterocycles. The molecule has 0 aliphatic heterocycles. The van der Waals surface area contributed by atoms with Crippen molar-refractivity contribution in [3.05, 3.63) is 69.4 Å². The summed E-state index contributed by atoms with van der Waals surface area (Å²) >= 11 is 0. The summed E-state index contributed by atoms with van der Waals surface area (Å²) in [5.41, 5.74) is 13.7. The molecule has 4 rings (SSSR count). The van der Waals surface area contributed by atoms with Crippen LogP contribution >= 0.6 is 0 Å². The molecule has 0 fully saturated rings. The van der Waals surface area contributed by atoms with Gasteiger partial charge in [0.1, 0.15) is 17.2 Å². The van der Waals surface area contributed by atoms with Gasteiger partial charge in [-0.2, -0.15) is 0 Å². The zero-order chi connectivity index (χ0) is 29.6. The maximum absolute atomic E-state index is 11.3. The Morgan fingerprint density at radius 2 is 1.25 bits per heavy atom. The number of nitro groups is 1. The van der Waals surface area contributed by atoms with E-state index in [0.29, 0.717) is 29.8 Å². The van der Waals surface area contributed by atoms with Gasteiger partial charge in [-0.3, -0.25) is 10.1 Å². The quantitative estimate of drug-likeness (QED) is 0.110. The van der Waals surface area contributed by atoms with Crippen molar-refractivity contribution >= 4 is 22.7 Å². The van der Waals surface area contributed by atoms with Crippen LogP contribution in [0.1, 0.15) is 50.6 Å². The van der Waals surface area contributed by atoms with Crippen molar-refractivity contribution in [2.24, 2.45) is 11.8 Å². The Morgan fingerprint density at radius 3 is 1.65 bits per heavy atom. The Labute approximate surface area is 235 Å². The number of benzene rings is 2. The van der Waals surface area contributed by atoms with Crippen LogP contribution in [0.25, 0.3) is 22.3 Å². The predicted octanol–water partition coefficient (Wildman–Crippen LogP) is 7.54. The number of nitrogens with one attached hydrogen (secondary N) is 2. The molecular formula is C30H40N6O4. The molecule has 0 aliphatic carbocycles. The third-order valence-corrected chi connectivity index (χ3v) is 6.29. The zero-order valence-electron chi connectivity index (χ0n) is 24.6. The summed E-state index contributed by atoms with van der Waals surface area (Å²) in [5.74, 6) is 2.47. The fourth-order valence-electron chi connectivity index (χ4n) is 4.29. The molecular weight excluding hydrogens is 508 g/mol. The predicted molar refractivity (Wildman–Crippen MR) is 161 cm³/mol. The van der Waals surface area contributed by atoms with Crippen LogP contribution < -0.4 is 16.4 Å². The monoisotopic (exact) mass is 548 g/mol. The summed E-state index contributed by atoms with van der Waals surface area (Å²) in [4.78, 5) is 10.9. The average molecular weight is 549 g/mol. The SMILES string of the molecule is Cc1noc(C)c1-c1ccc(NCC(C)C)c(N)c1.Cc1noc(C)c1-c1ccc(NCC(C)C)c([N+](=O)[O-])c1. The van der Waals surface area contributed by atoms with E-state index in [0.717, 1.165) is 57.3 Å². The minimum atomic E-state index is -0.371. The molecule has 0 saturated heterocycles. The van der Waals surface area contributed by atoms with Gasteiger partial charge in [0, 0.05) is 30.3 Å². The molecule has 0 saturated carbocycles. The van der Waals surface area contributed by atoms with E-state index in [1.807, 2.05) is 45.0 Å². The summed E-state index contributed by atoms with van der Waals surface area (Å²) < 4.78 is 10.3. The molecule has 0 unspecified atom stereocenters. The van der Waals surface area contributed by atoms with Crippen molar-refractivity contribution in [3.63, 3.8) is 0 Å². The largest absolute Gasteiger partial charge is 0.397 e. The highest BCUT2D eigenvalue weighted by molar-refractivity contribution is 5.78. The molecule has 0 bridgehead atoms. The second-order valence-electron chi connectivity index (χ2n) is 10.7. The van der Waals surface area contributed by atoms with Crippen molar-refractivity contribution in [2.75, 3.05) is 29.5 Å². The fourth-order valence-corrected chi connectivity index (χ4v) is 4.29. The molecule has 0 aliphatic rings. The van der Waals surface area contributed by atoms with E-state index >= 15 is 0 Å². The lowest BCUT2D eigenvalue weighted by atomic mass is 10.0. The third-order valence-electron chi connectivity index (χ3n) is 6.29. The van der Waals surface area contributed by atoms with Gasteiger partial charge in [-0.15, -0.1) is 0 Å². The van der Waals surface area contributed by atoms with E-state index in [1.54, 1.807) is 19.1 Å². The minimum absolute atomic E-state index is 0.0631. The highest BCUT2D eigenvalue weighted by Crippen LogP contribution is 2.34. The van der Waals surface area contributed by atoms with Gasteiger partial charge < -0.3 is 25.4 Å². The van der Waals surface area contributed by atoms with Crippen molar-refractivity contribution < 1.29 is 14.0 Å². The van der Waals surface area contributed by atoms with E-state index in [2.05, 4.69) is 48.6 Å². The normalized spacial score (nSPS) is 10.9. The highest BCUT2D eigenvalue weighted by Gasteiger charge is 2.19.